The summed E-state index contributed by atoms with van der Waals surface area (Å²) in [6.45, 7) is 15.0. The van der Waals surface area contributed by atoms with Gasteiger partial charge in [-0.15, -0.1) is 0 Å². The Balaban J connectivity index is 1.50. The number of rotatable bonds is 8. The van der Waals surface area contributed by atoms with Gasteiger partial charge >= 0.3 is 0 Å². The van der Waals surface area contributed by atoms with Crippen molar-refractivity contribution in [3.05, 3.63) is 11.6 Å². The number of hydrazine groups is 1. The van der Waals surface area contributed by atoms with E-state index in [0.29, 0.717) is 30.7 Å². The first-order chi connectivity index (χ1) is 16.9. The third-order valence-electron chi connectivity index (χ3n) is 11.8. The van der Waals surface area contributed by atoms with Crippen LogP contribution in [0.3, 0.4) is 0 Å². The molecular formula is C32H56N2O2. The largest absolute Gasteiger partial charge is 0.380 e. The van der Waals surface area contributed by atoms with Crippen LogP contribution >= 0.6 is 0 Å². The Morgan fingerprint density at radius 3 is 2.42 bits per heavy atom. The third-order valence-corrected chi connectivity index (χ3v) is 11.8. The number of amides is 1. The van der Waals surface area contributed by atoms with Crippen molar-refractivity contribution < 1.29 is 9.90 Å². The highest BCUT2D eigenvalue weighted by Crippen LogP contribution is 2.67. The van der Waals surface area contributed by atoms with E-state index in [1.807, 2.05) is 26.0 Å². The number of hydrogen-bond acceptors (Lipinski definition) is 3. The molecule has 4 rings (SSSR count). The Kier molecular flexibility index (Phi) is 8.10. The van der Waals surface area contributed by atoms with Gasteiger partial charge in [0.05, 0.1) is 0 Å². The summed E-state index contributed by atoms with van der Waals surface area (Å²) in [6, 6.07) is 0. The van der Waals surface area contributed by atoms with E-state index >= 15 is 0 Å². The molecule has 0 aromatic rings. The summed E-state index contributed by atoms with van der Waals surface area (Å²) in [6.07, 6.45) is 15.4. The quantitative estimate of drug-likeness (QED) is 0.286. The number of hydrogen-bond donors (Lipinski definition) is 1. The highest BCUT2D eigenvalue weighted by atomic mass is 16.3. The molecule has 0 bridgehead atoms. The van der Waals surface area contributed by atoms with Crippen LogP contribution in [0, 0.1) is 46.3 Å². The summed E-state index contributed by atoms with van der Waals surface area (Å²) in [5.41, 5.74) is 0.762. The summed E-state index contributed by atoms with van der Waals surface area (Å²) in [4.78, 5) is 13.4. The number of carbonyl (C=O) groups is 1. The molecule has 4 nitrogen and oxygen atoms in total. The fourth-order valence-corrected chi connectivity index (χ4v) is 9.70. The molecule has 206 valence electrons. The lowest BCUT2D eigenvalue weighted by atomic mass is 9.46. The Morgan fingerprint density at radius 1 is 1.06 bits per heavy atom. The first-order valence-electron chi connectivity index (χ1n) is 15.3. The van der Waals surface area contributed by atoms with Gasteiger partial charge in [0.15, 0.2) is 0 Å². The molecule has 0 spiro atoms. The van der Waals surface area contributed by atoms with Crippen LogP contribution in [0.5, 0.6) is 0 Å². The van der Waals surface area contributed by atoms with Gasteiger partial charge in [-0.25, -0.2) is 5.01 Å². The van der Waals surface area contributed by atoms with E-state index in [1.54, 1.807) is 5.01 Å². The fraction of sp³-hybridized carbons (Fsp3) is 0.906. The summed E-state index contributed by atoms with van der Waals surface area (Å²) >= 11 is 0. The predicted octanol–water partition coefficient (Wildman–Crippen LogP) is 7.08. The molecule has 0 radical (unpaired) electrons. The predicted molar refractivity (Wildman–Crippen MR) is 149 cm³/mol. The van der Waals surface area contributed by atoms with Crippen molar-refractivity contribution in [2.45, 2.75) is 118 Å². The fourth-order valence-electron chi connectivity index (χ4n) is 9.70. The molecule has 0 aromatic carbocycles. The third kappa shape index (κ3) is 4.72. The van der Waals surface area contributed by atoms with Gasteiger partial charge in [-0.05, 0) is 98.2 Å². The van der Waals surface area contributed by atoms with Gasteiger partial charge in [-0.2, -0.15) is 0 Å². The molecule has 0 aliphatic heterocycles. The second-order valence-electron chi connectivity index (χ2n) is 14.4. The smallest absolute Gasteiger partial charge is 0.269 e. The van der Waals surface area contributed by atoms with E-state index in [1.165, 1.54) is 50.5 Å². The SMILES string of the molecule is CCN(C(=O)C1(O)CC[C@@]2(C)C(=CC[C@H]3[C@@H]4CC[C@H]([C@H](C)CCCC(C)C)[C@@]4(C)CC[C@@H]32)C1)N(C)C. The van der Waals surface area contributed by atoms with Crippen LogP contribution in [0.4, 0.5) is 0 Å². The second kappa shape index (κ2) is 10.4. The number of fused-ring (bicyclic) bond motifs is 5. The average molecular weight is 501 g/mol. The lowest BCUT2D eigenvalue weighted by molar-refractivity contribution is -0.170. The van der Waals surface area contributed by atoms with Crippen molar-refractivity contribution in [3.8, 4) is 0 Å². The maximum absolute atomic E-state index is 13.4. The topological polar surface area (TPSA) is 43.8 Å². The maximum atomic E-state index is 13.4. The summed E-state index contributed by atoms with van der Waals surface area (Å²) in [5, 5.41) is 15.1. The summed E-state index contributed by atoms with van der Waals surface area (Å²) in [5.74, 6) is 4.75. The minimum absolute atomic E-state index is 0.124. The van der Waals surface area contributed by atoms with Crippen LogP contribution < -0.4 is 0 Å². The second-order valence-corrected chi connectivity index (χ2v) is 14.4. The van der Waals surface area contributed by atoms with Gasteiger partial charge in [0.1, 0.15) is 5.60 Å². The molecule has 36 heavy (non-hydrogen) atoms. The van der Waals surface area contributed by atoms with E-state index in [2.05, 4.69) is 40.7 Å². The van der Waals surface area contributed by atoms with Crippen molar-refractivity contribution in [1.82, 2.24) is 10.0 Å². The van der Waals surface area contributed by atoms with E-state index < -0.39 is 5.60 Å². The van der Waals surface area contributed by atoms with Gasteiger partial charge in [-0.3, -0.25) is 9.80 Å². The molecular weight excluding hydrogens is 444 g/mol. The van der Waals surface area contributed by atoms with E-state index in [0.717, 1.165) is 42.4 Å². The van der Waals surface area contributed by atoms with Crippen molar-refractivity contribution in [2.75, 3.05) is 20.6 Å². The zero-order valence-electron chi connectivity index (χ0n) is 24.8. The van der Waals surface area contributed by atoms with Gasteiger partial charge in [0, 0.05) is 27.1 Å². The summed E-state index contributed by atoms with van der Waals surface area (Å²) < 4.78 is 0. The molecule has 3 saturated carbocycles. The highest BCUT2D eigenvalue weighted by molar-refractivity contribution is 5.85. The first-order valence-corrected chi connectivity index (χ1v) is 15.3. The minimum atomic E-state index is -1.26. The van der Waals surface area contributed by atoms with Crippen molar-refractivity contribution in [1.29, 1.82) is 0 Å². The normalized spacial score (nSPS) is 40.9. The molecule has 8 atom stereocenters. The van der Waals surface area contributed by atoms with Gasteiger partial charge in [0.2, 0.25) is 0 Å². The number of allylic oxidation sites excluding steroid dienone is 1. The molecule has 1 N–H and O–H groups in total. The first kappa shape index (κ1) is 28.1. The average Bonchev–Trinajstić information content (AvgIpc) is 3.17. The molecule has 0 aromatic heterocycles. The standard InChI is InChI=1S/C32H56N2O2/c1-9-34(33(7)8)29(35)32(36)20-19-30(5)24(21-32)13-14-25-27-16-15-26(23(4)12-10-11-22(2)3)31(27,6)18-17-28(25)30/h13,22-23,25-28,36H,9-12,14-21H2,1-8H3/t23-,25+,26-,27+,28+,30+,31-,32?/m1/s1. The van der Waals surface area contributed by atoms with Gasteiger partial charge in [-0.1, -0.05) is 65.5 Å². The van der Waals surface area contributed by atoms with Crippen LogP contribution in [0.1, 0.15) is 112 Å². The van der Waals surface area contributed by atoms with Crippen LogP contribution in [-0.4, -0.2) is 47.3 Å². The number of likely N-dealkylation sites (N-methyl/N-ethyl adjacent to an activating group) is 1. The molecule has 4 aliphatic carbocycles. The van der Waals surface area contributed by atoms with Crippen molar-refractivity contribution in [3.63, 3.8) is 0 Å². The summed E-state index contributed by atoms with van der Waals surface area (Å²) in [7, 11) is 3.78. The van der Waals surface area contributed by atoms with Crippen LogP contribution in [0.2, 0.25) is 0 Å². The zero-order chi connectivity index (χ0) is 26.5. The lowest BCUT2D eigenvalue weighted by Crippen LogP contribution is -2.58. The maximum Gasteiger partial charge on any atom is 0.269 e. The van der Waals surface area contributed by atoms with E-state index in [-0.39, 0.29) is 11.3 Å². The van der Waals surface area contributed by atoms with Gasteiger partial charge < -0.3 is 5.11 Å². The number of carbonyl (C=O) groups excluding carboxylic acids is 1. The Labute approximate surface area is 222 Å². The van der Waals surface area contributed by atoms with E-state index in [4.69, 9.17) is 0 Å². The monoisotopic (exact) mass is 500 g/mol. The molecule has 4 heteroatoms. The molecule has 1 unspecified atom stereocenters. The lowest BCUT2D eigenvalue weighted by Gasteiger charge is -2.59. The van der Waals surface area contributed by atoms with Gasteiger partial charge in [0.25, 0.3) is 5.91 Å². The Morgan fingerprint density at radius 2 is 1.78 bits per heavy atom. The van der Waals surface area contributed by atoms with E-state index in [9.17, 15) is 9.90 Å². The number of aliphatic hydroxyl groups is 1. The van der Waals surface area contributed by atoms with Crippen LogP contribution in [-0.2, 0) is 4.79 Å². The van der Waals surface area contributed by atoms with Crippen molar-refractivity contribution >= 4 is 5.91 Å². The van der Waals surface area contributed by atoms with Crippen molar-refractivity contribution in [2.24, 2.45) is 46.3 Å². The molecule has 0 saturated heterocycles. The minimum Gasteiger partial charge on any atom is -0.380 e. The van der Waals surface area contributed by atoms with Crippen LogP contribution in [0.25, 0.3) is 0 Å². The number of nitrogens with zero attached hydrogens (tertiary/aromatic N) is 2. The Hall–Kier alpha value is -0.870. The molecule has 0 heterocycles. The van der Waals surface area contributed by atoms with Crippen LogP contribution in [0.15, 0.2) is 11.6 Å². The molecule has 3 fully saturated rings. The Bertz CT molecular complexity index is 836. The molecule has 1 amide bonds. The highest BCUT2D eigenvalue weighted by Gasteiger charge is 2.60. The zero-order valence-corrected chi connectivity index (χ0v) is 24.8. The molecule has 4 aliphatic rings.